The van der Waals surface area contributed by atoms with Gasteiger partial charge in [0.25, 0.3) is 11.8 Å². The molecule has 0 N–H and O–H groups in total. The van der Waals surface area contributed by atoms with Crippen LogP contribution in [-0.2, 0) is 27.0 Å². The molecule has 0 bridgehead atoms. The first-order chi connectivity index (χ1) is 15.8. The van der Waals surface area contributed by atoms with Crippen molar-refractivity contribution < 1.29 is 35.3 Å². The average molecular weight is 505 g/mol. The molecule has 0 saturated carbocycles. The number of hydrogen-bond acceptors (Lipinski definition) is 7. The van der Waals surface area contributed by atoms with Crippen LogP contribution in [0.4, 0.5) is 23.5 Å². The zero-order valence-electron chi connectivity index (χ0n) is 18.6. The Bertz CT molecular complexity index is 1190. The Morgan fingerprint density at radius 3 is 2.38 bits per heavy atom. The number of carbonyl (C=O) groups is 1. The number of carbonyl (C=O) groups excluding carboxylic acids is 1. The molecule has 4 rings (SSSR count). The van der Waals surface area contributed by atoms with Crippen LogP contribution in [0.15, 0.2) is 21.6 Å². The summed E-state index contributed by atoms with van der Waals surface area (Å²) in [5, 5.41) is 3.61. The number of likely N-dealkylation sites (tertiary alicyclic amines) is 1. The summed E-state index contributed by atoms with van der Waals surface area (Å²) in [4.78, 5) is 19.5. The summed E-state index contributed by atoms with van der Waals surface area (Å²) in [5.74, 6) is -6.52. The van der Waals surface area contributed by atoms with Crippen LogP contribution in [0.25, 0.3) is 0 Å². The lowest BCUT2D eigenvalue weighted by atomic mass is 9.97. The Morgan fingerprint density at radius 1 is 1.12 bits per heavy atom. The molecule has 0 aliphatic carbocycles. The molecular weight excluding hydrogens is 480 g/mol. The summed E-state index contributed by atoms with van der Waals surface area (Å²) in [6.07, 6.45) is 2.37. The highest BCUT2D eigenvalue weighted by atomic mass is 32.2. The molecule has 186 valence electrons. The van der Waals surface area contributed by atoms with E-state index in [1.54, 1.807) is 9.80 Å². The second kappa shape index (κ2) is 8.82. The van der Waals surface area contributed by atoms with Crippen molar-refractivity contribution in [3.05, 3.63) is 35.2 Å². The topological polar surface area (TPSA) is 96.6 Å². The highest BCUT2D eigenvalue weighted by Crippen LogP contribution is 2.31. The van der Waals surface area contributed by atoms with Crippen molar-refractivity contribution in [2.75, 3.05) is 30.8 Å². The maximum atomic E-state index is 14.4. The summed E-state index contributed by atoms with van der Waals surface area (Å²) in [5.41, 5.74) is -0.0412. The third-order valence-electron chi connectivity index (χ3n) is 6.30. The molecule has 0 radical (unpaired) electrons. The Balaban J connectivity index is 1.37. The molecule has 2 aliphatic rings. The minimum atomic E-state index is -3.91. The SMILES string of the molecule is CC(F)(F)c1nc(N2CCC(N3CC[C@H](Cc4cc(F)c(S(C)(=O)=O)cc4F)C3=O)CC2)no1. The maximum Gasteiger partial charge on any atom is 0.322 e. The molecule has 1 atom stereocenters. The fourth-order valence-electron chi connectivity index (χ4n) is 4.49. The summed E-state index contributed by atoms with van der Waals surface area (Å²) >= 11 is 0. The number of rotatable bonds is 6. The largest absolute Gasteiger partial charge is 0.339 e. The molecule has 3 heterocycles. The maximum absolute atomic E-state index is 14.4. The van der Waals surface area contributed by atoms with Crippen LogP contribution in [0.5, 0.6) is 0 Å². The molecule has 1 amide bonds. The van der Waals surface area contributed by atoms with Crippen LogP contribution >= 0.6 is 0 Å². The molecule has 2 aliphatic heterocycles. The van der Waals surface area contributed by atoms with Crippen LogP contribution < -0.4 is 4.90 Å². The normalized spacial score (nSPS) is 20.4. The molecule has 8 nitrogen and oxygen atoms in total. The second-order valence-corrected chi connectivity index (χ2v) is 10.9. The van der Waals surface area contributed by atoms with Gasteiger partial charge in [0.15, 0.2) is 9.84 Å². The van der Waals surface area contributed by atoms with E-state index in [0.29, 0.717) is 51.9 Å². The van der Waals surface area contributed by atoms with Crippen molar-refractivity contribution in [3.8, 4) is 0 Å². The van der Waals surface area contributed by atoms with E-state index in [9.17, 15) is 30.8 Å². The highest BCUT2D eigenvalue weighted by molar-refractivity contribution is 7.90. The van der Waals surface area contributed by atoms with Crippen LogP contribution in [0.1, 0.15) is 37.6 Å². The fourth-order valence-corrected chi connectivity index (χ4v) is 5.22. The lowest BCUT2D eigenvalue weighted by molar-refractivity contribution is -0.133. The zero-order chi connectivity index (χ0) is 24.8. The molecule has 1 aromatic carbocycles. The first kappa shape index (κ1) is 24.4. The van der Waals surface area contributed by atoms with E-state index >= 15 is 0 Å². The summed E-state index contributed by atoms with van der Waals surface area (Å²) in [7, 11) is -3.91. The number of anilines is 1. The van der Waals surface area contributed by atoms with Gasteiger partial charge >= 0.3 is 5.92 Å². The van der Waals surface area contributed by atoms with E-state index in [4.69, 9.17) is 0 Å². The standard InChI is InChI=1S/C21H24F4N4O4S/c1-21(24,25)19-26-20(27-33-19)28-6-4-14(5-7-28)29-8-3-12(18(29)30)9-13-10-16(23)17(11-15(13)22)34(2,31)32/h10-12,14H,3-9H2,1-2H3/t12-/m1/s1. The van der Waals surface area contributed by atoms with E-state index < -0.39 is 44.1 Å². The quantitative estimate of drug-likeness (QED) is 0.558. The van der Waals surface area contributed by atoms with Crippen LogP contribution in [0.2, 0.25) is 0 Å². The van der Waals surface area contributed by atoms with Gasteiger partial charge in [0.05, 0.1) is 0 Å². The van der Waals surface area contributed by atoms with Crippen LogP contribution in [-0.4, -0.2) is 61.3 Å². The Kier molecular flexibility index (Phi) is 6.34. The summed E-state index contributed by atoms with van der Waals surface area (Å²) in [6, 6.07) is 1.42. The Labute approximate surface area is 193 Å². The van der Waals surface area contributed by atoms with Gasteiger partial charge in [-0.15, -0.1) is 0 Å². The third-order valence-corrected chi connectivity index (χ3v) is 7.41. The molecule has 0 spiro atoms. The van der Waals surface area contributed by atoms with Gasteiger partial charge in [0, 0.05) is 44.8 Å². The molecular formula is C21H24F4N4O4S. The lowest BCUT2D eigenvalue weighted by Gasteiger charge is -2.36. The van der Waals surface area contributed by atoms with Crippen molar-refractivity contribution in [3.63, 3.8) is 0 Å². The van der Waals surface area contributed by atoms with Crippen LogP contribution in [0.3, 0.4) is 0 Å². The molecule has 2 saturated heterocycles. The van der Waals surface area contributed by atoms with Gasteiger partial charge < -0.3 is 14.3 Å². The predicted octanol–water partition coefficient (Wildman–Crippen LogP) is 2.92. The minimum absolute atomic E-state index is 0.0299. The smallest absolute Gasteiger partial charge is 0.322 e. The first-order valence-electron chi connectivity index (χ1n) is 10.8. The summed E-state index contributed by atoms with van der Waals surface area (Å²) in [6.45, 7) is 2.03. The van der Waals surface area contributed by atoms with Crippen molar-refractivity contribution in [1.29, 1.82) is 0 Å². The van der Waals surface area contributed by atoms with Gasteiger partial charge in [-0.3, -0.25) is 4.79 Å². The number of alkyl halides is 2. The number of amides is 1. The van der Waals surface area contributed by atoms with Crippen molar-refractivity contribution in [2.24, 2.45) is 5.92 Å². The molecule has 13 heteroatoms. The average Bonchev–Trinajstić information content (AvgIpc) is 3.38. The zero-order valence-corrected chi connectivity index (χ0v) is 19.4. The highest BCUT2D eigenvalue weighted by Gasteiger charge is 2.39. The van der Waals surface area contributed by atoms with Crippen molar-refractivity contribution in [1.82, 2.24) is 15.0 Å². The van der Waals surface area contributed by atoms with Gasteiger partial charge in [-0.2, -0.15) is 13.8 Å². The molecule has 1 aromatic heterocycles. The minimum Gasteiger partial charge on any atom is -0.339 e. The Morgan fingerprint density at radius 2 is 1.79 bits per heavy atom. The summed E-state index contributed by atoms with van der Waals surface area (Å²) < 4.78 is 83.1. The molecule has 34 heavy (non-hydrogen) atoms. The number of hydrogen-bond donors (Lipinski definition) is 0. The van der Waals surface area contributed by atoms with Gasteiger partial charge in [-0.05, 0) is 48.5 Å². The fraction of sp³-hybridized carbons (Fsp3) is 0.571. The van der Waals surface area contributed by atoms with Gasteiger partial charge in [-0.1, -0.05) is 0 Å². The number of sulfone groups is 1. The number of piperidine rings is 1. The van der Waals surface area contributed by atoms with Crippen molar-refractivity contribution in [2.45, 2.75) is 49.5 Å². The van der Waals surface area contributed by atoms with Gasteiger partial charge in [0.2, 0.25) is 5.91 Å². The lowest BCUT2D eigenvalue weighted by Crippen LogP contribution is -2.46. The van der Waals surface area contributed by atoms with Crippen LogP contribution in [0, 0.1) is 17.6 Å². The van der Waals surface area contributed by atoms with E-state index in [2.05, 4.69) is 14.7 Å². The van der Waals surface area contributed by atoms with E-state index in [0.717, 1.165) is 12.3 Å². The van der Waals surface area contributed by atoms with E-state index in [1.165, 1.54) is 0 Å². The van der Waals surface area contributed by atoms with Crippen molar-refractivity contribution >= 4 is 21.7 Å². The Hall–Kier alpha value is -2.70. The number of nitrogens with zero attached hydrogens (tertiary/aromatic N) is 4. The number of aromatic nitrogens is 2. The second-order valence-electron chi connectivity index (χ2n) is 8.87. The number of halogens is 4. The predicted molar refractivity (Wildman–Crippen MR) is 112 cm³/mol. The monoisotopic (exact) mass is 504 g/mol. The molecule has 0 unspecified atom stereocenters. The first-order valence-corrected chi connectivity index (χ1v) is 12.7. The molecule has 2 aromatic rings. The van der Waals surface area contributed by atoms with Gasteiger partial charge in [0.1, 0.15) is 16.5 Å². The number of benzene rings is 1. The van der Waals surface area contributed by atoms with E-state index in [-0.39, 0.29) is 29.9 Å². The molecule has 2 fully saturated rings. The third kappa shape index (κ3) is 4.89. The van der Waals surface area contributed by atoms with E-state index in [1.807, 2.05) is 0 Å². The van der Waals surface area contributed by atoms with Gasteiger partial charge in [-0.25, -0.2) is 17.2 Å².